The number of rotatable bonds is 5. The Morgan fingerprint density at radius 2 is 2.27 bits per heavy atom. The Kier molecular flexibility index (Phi) is 5.29. The van der Waals surface area contributed by atoms with Crippen molar-refractivity contribution in [1.29, 1.82) is 0 Å². The van der Waals surface area contributed by atoms with Crippen LogP contribution in [-0.2, 0) is 19.7 Å². The molecule has 1 amide bonds. The summed E-state index contributed by atoms with van der Waals surface area (Å²) in [6.07, 6.45) is 4.82. The first-order valence-electron chi connectivity index (χ1n) is 8.74. The number of hydrogen-bond donors (Lipinski definition) is 1. The number of piperidine rings is 1. The molecule has 2 aliphatic heterocycles. The zero-order valence-corrected chi connectivity index (χ0v) is 15.8. The van der Waals surface area contributed by atoms with Gasteiger partial charge >= 0.3 is 0 Å². The number of hydrogen-bond acceptors (Lipinski definition) is 6. The molecule has 1 unspecified atom stereocenters. The van der Waals surface area contributed by atoms with Crippen LogP contribution in [0.5, 0.6) is 0 Å². The van der Waals surface area contributed by atoms with Crippen molar-refractivity contribution < 1.29 is 18.0 Å². The lowest BCUT2D eigenvalue weighted by Gasteiger charge is -2.37. The molecule has 1 fully saturated rings. The number of carbonyl (C=O) groups excluding carboxylic acids is 1. The van der Waals surface area contributed by atoms with Gasteiger partial charge in [0.2, 0.25) is 10.0 Å². The second-order valence-corrected chi connectivity index (χ2v) is 9.31. The Hall–Kier alpha value is -2.00. The maximum Gasteiger partial charge on any atom is 0.273 e. The normalized spacial score (nSPS) is 23.7. The fourth-order valence-electron chi connectivity index (χ4n) is 3.32. The van der Waals surface area contributed by atoms with E-state index in [1.54, 1.807) is 24.5 Å². The highest BCUT2D eigenvalue weighted by Gasteiger charge is 2.47. The number of nitrogens with zero attached hydrogens (tertiary/aromatic N) is 3. The van der Waals surface area contributed by atoms with Crippen LogP contribution in [0.2, 0.25) is 0 Å². The van der Waals surface area contributed by atoms with E-state index in [0.717, 1.165) is 0 Å². The van der Waals surface area contributed by atoms with E-state index in [2.05, 4.69) is 15.5 Å². The molecule has 1 spiro atoms. The Balaban J connectivity index is 1.65. The van der Waals surface area contributed by atoms with E-state index in [-0.39, 0.29) is 29.8 Å². The Labute approximate surface area is 153 Å². The first kappa shape index (κ1) is 18.8. The number of sulfonamides is 1. The van der Waals surface area contributed by atoms with Crippen LogP contribution in [0, 0.1) is 5.92 Å². The second-order valence-electron chi connectivity index (χ2n) is 7.29. The quantitative estimate of drug-likeness (QED) is 0.836. The summed E-state index contributed by atoms with van der Waals surface area (Å²) in [5, 5.41) is 6.68. The fraction of sp³-hybridized carbons (Fsp3) is 0.588. The van der Waals surface area contributed by atoms with Crippen molar-refractivity contribution in [2.24, 2.45) is 11.1 Å². The molecular weight excluding hydrogens is 356 g/mol. The van der Waals surface area contributed by atoms with Gasteiger partial charge in [-0.25, -0.2) is 8.42 Å². The van der Waals surface area contributed by atoms with Crippen molar-refractivity contribution in [3.05, 3.63) is 24.5 Å². The minimum absolute atomic E-state index is 0.0550. The van der Waals surface area contributed by atoms with Crippen LogP contribution in [0.1, 0.15) is 33.1 Å². The van der Waals surface area contributed by atoms with Crippen molar-refractivity contribution in [3.8, 4) is 0 Å². The molecule has 26 heavy (non-hydrogen) atoms. The van der Waals surface area contributed by atoms with E-state index in [9.17, 15) is 13.2 Å². The molecular formula is C17H24N4O4S. The largest absolute Gasteiger partial charge is 0.387 e. The van der Waals surface area contributed by atoms with Crippen LogP contribution >= 0.6 is 0 Å². The van der Waals surface area contributed by atoms with Gasteiger partial charge in [0, 0.05) is 19.2 Å². The number of anilines is 1. The highest BCUT2D eigenvalue weighted by atomic mass is 32.2. The summed E-state index contributed by atoms with van der Waals surface area (Å²) in [7, 11) is -3.34. The average molecular weight is 380 g/mol. The van der Waals surface area contributed by atoms with Crippen LogP contribution in [0.25, 0.3) is 0 Å². The molecule has 0 aliphatic carbocycles. The summed E-state index contributed by atoms with van der Waals surface area (Å²) in [6, 6.07) is 3.46. The minimum Gasteiger partial charge on any atom is -0.387 e. The van der Waals surface area contributed by atoms with Gasteiger partial charge in [0.25, 0.3) is 5.91 Å². The molecule has 0 bridgehead atoms. The maximum atomic E-state index is 12.5. The zero-order chi connectivity index (χ0) is 18.8. The molecule has 1 saturated heterocycles. The highest BCUT2D eigenvalue weighted by Crippen LogP contribution is 2.35. The molecule has 1 N–H and O–H groups in total. The molecule has 0 saturated carbocycles. The van der Waals surface area contributed by atoms with Gasteiger partial charge in [0.1, 0.15) is 5.71 Å². The van der Waals surface area contributed by atoms with Gasteiger partial charge in [-0.2, -0.15) is 4.31 Å². The third-order valence-electron chi connectivity index (χ3n) is 4.46. The Morgan fingerprint density at radius 3 is 2.96 bits per heavy atom. The summed E-state index contributed by atoms with van der Waals surface area (Å²) in [5.74, 6) is -0.186. The van der Waals surface area contributed by atoms with Gasteiger partial charge in [-0.15, -0.1) is 0 Å². The highest BCUT2D eigenvalue weighted by molar-refractivity contribution is 7.89. The lowest BCUT2D eigenvalue weighted by molar-refractivity contribution is -0.110. The molecule has 0 aromatic carbocycles. The predicted octanol–water partition coefficient (Wildman–Crippen LogP) is 1.62. The molecule has 3 rings (SSSR count). The van der Waals surface area contributed by atoms with E-state index < -0.39 is 15.6 Å². The number of pyridine rings is 1. The van der Waals surface area contributed by atoms with Crippen LogP contribution < -0.4 is 5.32 Å². The van der Waals surface area contributed by atoms with E-state index in [4.69, 9.17) is 4.84 Å². The third-order valence-corrected chi connectivity index (χ3v) is 6.65. The van der Waals surface area contributed by atoms with Gasteiger partial charge in [-0.3, -0.25) is 9.78 Å². The van der Waals surface area contributed by atoms with Crippen molar-refractivity contribution in [3.63, 3.8) is 0 Å². The molecule has 1 aromatic rings. The first-order valence-corrected chi connectivity index (χ1v) is 10.3. The maximum absolute atomic E-state index is 12.5. The van der Waals surface area contributed by atoms with Crippen molar-refractivity contribution in [2.75, 3.05) is 24.2 Å². The van der Waals surface area contributed by atoms with E-state index in [0.29, 0.717) is 31.5 Å². The summed E-state index contributed by atoms with van der Waals surface area (Å²) in [6.45, 7) is 4.48. The number of aromatic nitrogens is 1. The van der Waals surface area contributed by atoms with E-state index >= 15 is 0 Å². The SMILES string of the molecule is CC(C)CS(=O)(=O)N1CCCC2(CC(C(=O)Nc3cccnc3)=NO2)C1. The molecule has 3 heterocycles. The molecule has 1 aromatic heterocycles. The van der Waals surface area contributed by atoms with Gasteiger partial charge in [-0.05, 0) is 30.9 Å². The zero-order valence-electron chi connectivity index (χ0n) is 15.0. The number of amides is 1. The number of oxime groups is 1. The monoisotopic (exact) mass is 380 g/mol. The topological polar surface area (TPSA) is 101 Å². The second kappa shape index (κ2) is 7.32. The lowest BCUT2D eigenvalue weighted by atomic mass is 9.89. The Bertz CT molecular complexity index is 794. The summed E-state index contributed by atoms with van der Waals surface area (Å²) >= 11 is 0. The molecule has 8 nitrogen and oxygen atoms in total. The van der Waals surface area contributed by atoms with Gasteiger partial charge in [0.15, 0.2) is 5.60 Å². The summed E-state index contributed by atoms with van der Waals surface area (Å²) in [4.78, 5) is 21.9. The number of carbonyl (C=O) groups is 1. The first-order chi connectivity index (χ1) is 12.3. The fourth-order valence-corrected chi connectivity index (χ4v) is 5.22. The molecule has 0 radical (unpaired) electrons. The minimum atomic E-state index is -3.34. The Morgan fingerprint density at radius 1 is 1.46 bits per heavy atom. The molecule has 1 atom stereocenters. The molecule has 9 heteroatoms. The lowest BCUT2D eigenvalue weighted by Crippen LogP contribution is -2.51. The summed E-state index contributed by atoms with van der Waals surface area (Å²) in [5.41, 5.74) is 0.104. The smallest absolute Gasteiger partial charge is 0.273 e. The standard InChI is InChI=1S/C17H24N4O4S/c1-13(2)11-26(23,24)21-8-4-6-17(12-21)9-15(20-25-17)16(22)19-14-5-3-7-18-10-14/h3,5,7,10,13H,4,6,8-9,11-12H2,1-2H3,(H,19,22). The van der Waals surface area contributed by atoms with Crippen molar-refractivity contribution in [2.45, 2.75) is 38.7 Å². The molecule has 142 valence electrons. The van der Waals surface area contributed by atoms with Crippen molar-refractivity contribution >= 4 is 27.3 Å². The van der Waals surface area contributed by atoms with Crippen LogP contribution in [0.15, 0.2) is 29.7 Å². The van der Waals surface area contributed by atoms with E-state index in [1.807, 2.05) is 13.8 Å². The van der Waals surface area contributed by atoms with Gasteiger partial charge < -0.3 is 10.2 Å². The van der Waals surface area contributed by atoms with Gasteiger partial charge in [0.05, 0.1) is 24.2 Å². The van der Waals surface area contributed by atoms with E-state index in [1.165, 1.54) is 4.31 Å². The third kappa shape index (κ3) is 4.21. The van der Waals surface area contributed by atoms with Crippen LogP contribution in [0.3, 0.4) is 0 Å². The average Bonchev–Trinajstić information content (AvgIpc) is 2.98. The van der Waals surface area contributed by atoms with Crippen molar-refractivity contribution in [1.82, 2.24) is 9.29 Å². The summed E-state index contributed by atoms with van der Waals surface area (Å²) < 4.78 is 26.6. The predicted molar refractivity (Wildman–Crippen MR) is 98.2 cm³/mol. The van der Waals surface area contributed by atoms with Gasteiger partial charge in [-0.1, -0.05) is 19.0 Å². The van der Waals surface area contributed by atoms with Crippen LogP contribution in [0.4, 0.5) is 5.69 Å². The molecule has 2 aliphatic rings. The van der Waals surface area contributed by atoms with Crippen LogP contribution in [-0.4, -0.2) is 53.8 Å². The number of nitrogens with one attached hydrogen (secondary N) is 1.